The van der Waals surface area contributed by atoms with Crippen LogP contribution in [0, 0.1) is 10.5 Å². The highest BCUT2D eigenvalue weighted by atomic mass is 127. The molecule has 0 aliphatic rings. The summed E-state index contributed by atoms with van der Waals surface area (Å²) in [5.74, 6) is 0.00394. The van der Waals surface area contributed by atoms with E-state index in [1.807, 2.05) is 18.2 Å². The summed E-state index contributed by atoms with van der Waals surface area (Å²) in [6.07, 6.45) is 0. The van der Waals surface area contributed by atoms with Crippen LogP contribution in [0.2, 0.25) is 0 Å². The number of nitrogens with one attached hydrogen (secondary N) is 1. The molecule has 0 aromatic heterocycles. The highest BCUT2D eigenvalue weighted by Crippen LogP contribution is 2.24. The number of phenols is 1. The van der Waals surface area contributed by atoms with E-state index >= 15 is 0 Å². The molecule has 0 radical (unpaired) electrons. The van der Waals surface area contributed by atoms with E-state index in [0.29, 0.717) is 16.8 Å². The van der Waals surface area contributed by atoms with Crippen LogP contribution in [0.4, 0.5) is 5.69 Å². The second-order valence-electron chi connectivity index (χ2n) is 3.88. The summed E-state index contributed by atoms with van der Waals surface area (Å²) in [5, 5.41) is 12.4. The fourth-order valence-corrected chi connectivity index (χ4v) is 2.23. The van der Waals surface area contributed by atoms with Gasteiger partial charge in [0.25, 0.3) is 5.91 Å². The Balaban J connectivity index is 2.27. The molecule has 0 spiro atoms. The number of anilines is 1. The van der Waals surface area contributed by atoms with Gasteiger partial charge in [-0.15, -0.1) is 0 Å². The summed E-state index contributed by atoms with van der Waals surface area (Å²) in [6.45, 7) is 1.76. The molecular weight excluding hydrogens is 341 g/mol. The molecule has 2 rings (SSSR count). The second kappa shape index (κ2) is 5.39. The molecule has 3 nitrogen and oxygen atoms in total. The van der Waals surface area contributed by atoms with Gasteiger partial charge in [-0.1, -0.05) is 18.2 Å². The molecule has 2 aromatic carbocycles. The zero-order chi connectivity index (χ0) is 13.1. The molecule has 4 heteroatoms. The van der Waals surface area contributed by atoms with Gasteiger partial charge in [0.15, 0.2) is 0 Å². The zero-order valence-corrected chi connectivity index (χ0v) is 11.9. The van der Waals surface area contributed by atoms with Gasteiger partial charge in [0.2, 0.25) is 0 Å². The number of benzene rings is 2. The van der Waals surface area contributed by atoms with Crippen LogP contribution in [0.25, 0.3) is 0 Å². The van der Waals surface area contributed by atoms with Crippen molar-refractivity contribution in [1.29, 1.82) is 0 Å². The smallest absolute Gasteiger partial charge is 0.256 e. The molecule has 0 saturated heterocycles. The summed E-state index contributed by atoms with van der Waals surface area (Å²) >= 11 is 2.12. The summed E-state index contributed by atoms with van der Waals surface area (Å²) in [5.41, 5.74) is 1.91. The van der Waals surface area contributed by atoms with Crippen LogP contribution in [0.15, 0.2) is 42.5 Å². The summed E-state index contributed by atoms with van der Waals surface area (Å²) < 4.78 is 0.894. The van der Waals surface area contributed by atoms with Gasteiger partial charge in [0.1, 0.15) is 5.75 Å². The molecule has 0 saturated carbocycles. The average molecular weight is 353 g/mol. The molecule has 2 N–H and O–H groups in total. The van der Waals surface area contributed by atoms with E-state index < -0.39 is 0 Å². The van der Waals surface area contributed by atoms with Gasteiger partial charge in [-0.05, 0) is 53.8 Å². The SMILES string of the molecule is Cc1c(O)cccc1NC(=O)c1ccccc1I. The number of phenolic OH excluding ortho intramolecular Hbond substituents is 1. The molecule has 92 valence electrons. The molecule has 2 aromatic rings. The largest absolute Gasteiger partial charge is 0.508 e. The minimum Gasteiger partial charge on any atom is -0.508 e. The zero-order valence-electron chi connectivity index (χ0n) is 9.77. The van der Waals surface area contributed by atoms with Gasteiger partial charge in [-0.3, -0.25) is 4.79 Å². The highest BCUT2D eigenvalue weighted by Gasteiger charge is 2.11. The lowest BCUT2D eigenvalue weighted by Crippen LogP contribution is -2.14. The van der Waals surface area contributed by atoms with E-state index in [1.165, 1.54) is 0 Å². The Kier molecular flexibility index (Phi) is 3.86. The summed E-state index contributed by atoms with van der Waals surface area (Å²) in [6, 6.07) is 12.4. The van der Waals surface area contributed by atoms with Crippen LogP contribution in [0.1, 0.15) is 15.9 Å². The number of carbonyl (C=O) groups excluding carboxylic acids is 1. The van der Waals surface area contributed by atoms with Crippen LogP contribution in [-0.2, 0) is 0 Å². The van der Waals surface area contributed by atoms with Crippen molar-refractivity contribution < 1.29 is 9.90 Å². The average Bonchev–Trinajstić information content (AvgIpc) is 2.35. The first-order valence-electron chi connectivity index (χ1n) is 5.44. The lowest BCUT2D eigenvalue weighted by Gasteiger charge is -2.10. The number of hydrogen-bond donors (Lipinski definition) is 2. The second-order valence-corrected chi connectivity index (χ2v) is 5.05. The van der Waals surface area contributed by atoms with Crippen molar-refractivity contribution in [3.05, 3.63) is 57.2 Å². The predicted molar refractivity (Wildman–Crippen MR) is 80.0 cm³/mol. The van der Waals surface area contributed by atoms with Crippen molar-refractivity contribution in [2.45, 2.75) is 6.92 Å². The van der Waals surface area contributed by atoms with Crippen molar-refractivity contribution in [3.8, 4) is 5.75 Å². The first-order valence-corrected chi connectivity index (χ1v) is 6.52. The van der Waals surface area contributed by atoms with Gasteiger partial charge >= 0.3 is 0 Å². The standard InChI is InChI=1S/C14H12INO2/c1-9-12(7-4-8-13(9)17)16-14(18)10-5-2-3-6-11(10)15/h2-8,17H,1H3,(H,16,18). The van der Waals surface area contributed by atoms with Crippen molar-refractivity contribution >= 4 is 34.2 Å². The first-order chi connectivity index (χ1) is 8.59. The third kappa shape index (κ3) is 2.64. The van der Waals surface area contributed by atoms with Crippen molar-refractivity contribution in [2.24, 2.45) is 0 Å². The van der Waals surface area contributed by atoms with Crippen LogP contribution in [-0.4, -0.2) is 11.0 Å². The fraction of sp³-hybridized carbons (Fsp3) is 0.0714. The van der Waals surface area contributed by atoms with E-state index in [9.17, 15) is 9.90 Å². The number of amides is 1. The van der Waals surface area contributed by atoms with E-state index in [0.717, 1.165) is 3.57 Å². The molecule has 0 bridgehead atoms. The van der Waals surface area contributed by atoms with Gasteiger partial charge in [-0.2, -0.15) is 0 Å². The van der Waals surface area contributed by atoms with E-state index in [-0.39, 0.29) is 11.7 Å². The van der Waals surface area contributed by atoms with Crippen LogP contribution in [0.3, 0.4) is 0 Å². The Morgan fingerprint density at radius 2 is 1.89 bits per heavy atom. The topological polar surface area (TPSA) is 49.3 Å². The number of carbonyl (C=O) groups is 1. The fourth-order valence-electron chi connectivity index (χ4n) is 1.59. The van der Waals surface area contributed by atoms with E-state index in [4.69, 9.17) is 0 Å². The Morgan fingerprint density at radius 3 is 2.61 bits per heavy atom. The Bertz CT molecular complexity index is 596. The predicted octanol–water partition coefficient (Wildman–Crippen LogP) is 3.56. The normalized spacial score (nSPS) is 10.1. The lowest BCUT2D eigenvalue weighted by molar-refractivity contribution is 0.102. The van der Waals surface area contributed by atoms with Crippen molar-refractivity contribution in [3.63, 3.8) is 0 Å². The third-order valence-electron chi connectivity index (χ3n) is 2.67. The van der Waals surface area contributed by atoms with Gasteiger partial charge in [0, 0.05) is 14.8 Å². The van der Waals surface area contributed by atoms with Crippen molar-refractivity contribution in [2.75, 3.05) is 5.32 Å². The maximum Gasteiger partial charge on any atom is 0.256 e. The van der Waals surface area contributed by atoms with Gasteiger partial charge in [-0.25, -0.2) is 0 Å². The number of rotatable bonds is 2. The highest BCUT2D eigenvalue weighted by molar-refractivity contribution is 14.1. The quantitative estimate of drug-likeness (QED) is 0.812. The number of aromatic hydroxyl groups is 1. The van der Waals surface area contributed by atoms with Gasteiger partial charge < -0.3 is 10.4 Å². The number of hydrogen-bond acceptors (Lipinski definition) is 2. The number of halogens is 1. The first kappa shape index (κ1) is 12.9. The minimum absolute atomic E-state index is 0.172. The molecule has 0 unspecified atom stereocenters. The monoisotopic (exact) mass is 353 g/mol. The molecule has 18 heavy (non-hydrogen) atoms. The lowest BCUT2D eigenvalue weighted by atomic mass is 10.1. The van der Waals surface area contributed by atoms with Crippen LogP contribution < -0.4 is 5.32 Å². The summed E-state index contributed by atoms with van der Waals surface area (Å²) in [4.78, 5) is 12.1. The molecule has 1 amide bonds. The van der Waals surface area contributed by atoms with Crippen LogP contribution >= 0.6 is 22.6 Å². The molecular formula is C14H12INO2. The van der Waals surface area contributed by atoms with E-state index in [2.05, 4.69) is 27.9 Å². The third-order valence-corrected chi connectivity index (χ3v) is 3.61. The molecule has 0 fully saturated rings. The Labute approximate surface area is 119 Å². The Morgan fingerprint density at radius 1 is 1.17 bits per heavy atom. The Hall–Kier alpha value is -1.56. The maximum atomic E-state index is 12.1. The molecule has 0 heterocycles. The van der Waals surface area contributed by atoms with E-state index in [1.54, 1.807) is 31.2 Å². The van der Waals surface area contributed by atoms with Crippen LogP contribution in [0.5, 0.6) is 5.75 Å². The molecule has 0 aliphatic heterocycles. The molecule has 0 aliphatic carbocycles. The summed E-state index contributed by atoms with van der Waals surface area (Å²) in [7, 11) is 0. The van der Waals surface area contributed by atoms with Gasteiger partial charge in [0.05, 0.1) is 5.56 Å². The molecule has 0 atom stereocenters. The van der Waals surface area contributed by atoms with Crippen molar-refractivity contribution in [1.82, 2.24) is 0 Å². The maximum absolute atomic E-state index is 12.1. The minimum atomic E-state index is -0.172.